The Labute approximate surface area is 184 Å². The number of carbonyl (C=O) groups excluding carboxylic acids is 1. The Morgan fingerprint density at radius 3 is 2.81 bits per heavy atom. The van der Waals surface area contributed by atoms with Crippen LogP contribution in [0.3, 0.4) is 0 Å². The minimum atomic E-state index is -1.18. The van der Waals surface area contributed by atoms with E-state index < -0.39 is 17.5 Å². The topological polar surface area (TPSA) is 66.0 Å². The second-order valence-corrected chi connectivity index (χ2v) is 9.22. The van der Waals surface area contributed by atoms with Crippen LogP contribution in [0.4, 0.5) is 4.39 Å². The van der Waals surface area contributed by atoms with Crippen LogP contribution in [0.1, 0.15) is 46.1 Å². The summed E-state index contributed by atoms with van der Waals surface area (Å²) in [6.45, 7) is 12.4. The van der Waals surface area contributed by atoms with Crippen LogP contribution < -0.4 is 5.32 Å². The molecule has 0 spiro atoms. The van der Waals surface area contributed by atoms with Crippen molar-refractivity contribution in [1.82, 2.24) is 5.32 Å². The number of hydrogen-bond donors (Lipinski definition) is 1. The molecule has 6 nitrogen and oxygen atoms in total. The first-order valence-corrected chi connectivity index (χ1v) is 10.9. The van der Waals surface area contributed by atoms with Crippen LogP contribution >= 0.6 is 0 Å². The summed E-state index contributed by atoms with van der Waals surface area (Å²) < 4.78 is 38.1. The summed E-state index contributed by atoms with van der Waals surface area (Å²) in [7, 11) is 0. The predicted octanol–water partition coefficient (Wildman–Crippen LogP) is 3.74. The SMILES string of the molecule is C=CCOC1C[C@](OCc2cccc(F)c2)(C(=O)NCC(C)C)C[C@H]2OC(C)(C)O[C@@H]12. The van der Waals surface area contributed by atoms with Gasteiger partial charge in [-0.1, -0.05) is 32.1 Å². The van der Waals surface area contributed by atoms with E-state index in [1.807, 2.05) is 27.7 Å². The van der Waals surface area contributed by atoms with Crippen molar-refractivity contribution in [2.24, 2.45) is 5.92 Å². The average molecular weight is 436 g/mol. The second kappa shape index (κ2) is 9.77. The standard InChI is InChI=1S/C24H34FNO5/c1-6-10-28-19-12-24(22(27)26-14-16(2)3,13-20-21(19)31-23(4,5)30-20)29-15-17-8-7-9-18(25)11-17/h6-9,11,16,19-21H,1,10,12-15H2,2-5H3,(H,26,27)/t19?,20-,21+,24-/m1/s1. The number of hydrogen-bond acceptors (Lipinski definition) is 5. The zero-order valence-corrected chi connectivity index (χ0v) is 18.9. The maximum atomic E-state index is 13.7. The Morgan fingerprint density at radius 2 is 2.13 bits per heavy atom. The lowest BCUT2D eigenvalue weighted by Crippen LogP contribution is -2.60. The first-order chi connectivity index (χ1) is 14.6. The van der Waals surface area contributed by atoms with E-state index in [1.165, 1.54) is 12.1 Å². The van der Waals surface area contributed by atoms with Crippen molar-refractivity contribution >= 4 is 5.91 Å². The molecule has 1 unspecified atom stereocenters. The molecule has 31 heavy (non-hydrogen) atoms. The molecule has 1 aromatic rings. The molecule has 1 aliphatic heterocycles. The number of fused-ring (bicyclic) bond motifs is 1. The van der Waals surface area contributed by atoms with Gasteiger partial charge in [-0.25, -0.2) is 4.39 Å². The van der Waals surface area contributed by atoms with Crippen molar-refractivity contribution in [2.45, 2.75) is 76.8 Å². The van der Waals surface area contributed by atoms with E-state index in [2.05, 4.69) is 11.9 Å². The fraction of sp³-hybridized carbons (Fsp3) is 0.625. The highest BCUT2D eigenvalue weighted by Crippen LogP contribution is 2.44. The zero-order chi connectivity index (χ0) is 22.6. The Kier molecular flexibility index (Phi) is 7.52. The lowest BCUT2D eigenvalue weighted by Gasteiger charge is -2.43. The Hall–Kier alpha value is -1.80. The lowest BCUT2D eigenvalue weighted by molar-refractivity contribution is -0.180. The molecule has 1 saturated carbocycles. The molecular weight excluding hydrogens is 401 g/mol. The summed E-state index contributed by atoms with van der Waals surface area (Å²) in [4.78, 5) is 13.4. The molecule has 1 aromatic carbocycles. The molecule has 1 N–H and O–H groups in total. The van der Waals surface area contributed by atoms with Crippen LogP contribution in [0.15, 0.2) is 36.9 Å². The number of benzene rings is 1. The number of nitrogens with one attached hydrogen (secondary N) is 1. The quantitative estimate of drug-likeness (QED) is 0.599. The van der Waals surface area contributed by atoms with E-state index in [4.69, 9.17) is 18.9 Å². The van der Waals surface area contributed by atoms with Crippen molar-refractivity contribution in [2.75, 3.05) is 13.2 Å². The van der Waals surface area contributed by atoms with Gasteiger partial charge in [0.15, 0.2) is 11.4 Å². The van der Waals surface area contributed by atoms with Crippen LogP contribution in [0.5, 0.6) is 0 Å². The molecule has 0 bridgehead atoms. The van der Waals surface area contributed by atoms with Crippen LogP contribution in [0.2, 0.25) is 0 Å². The van der Waals surface area contributed by atoms with Gasteiger partial charge in [0.2, 0.25) is 0 Å². The molecule has 1 aliphatic carbocycles. The number of ether oxygens (including phenoxy) is 4. The smallest absolute Gasteiger partial charge is 0.252 e. The van der Waals surface area contributed by atoms with Gasteiger partial charge in [-0.05, 0) is 37.5 Å². The molecule has 0 aromatic heterocycles. The third-order valence-corrected chi connectivity index (χ3v) is 5.57. The Balaban J connectivity index is 1.87. The number of amides is 1. The van der Waals surface area contributed by atoms with Gasteiger partial charge in [0.25, 0.3) is 5.91 Å². The minimum absolute atomic E-state index is 0.0999. The van der Waals surface area contributed by atoms with E-state index in [1.54, 1.807) is 18.2 Å². The summed E-state index contributed by atoms with van der Waals surface area (Å²) in [6.07, 6.45) is 1.22. The van der Waals surface area contributed by atoms with Crippen molar-refractivity contribution < 1.29 is 28.1 Å². The van der Waals surface area contributed by atoms with Gasteiger partial charge in [0.1, 0.15) is 11.9 Å². The van der Waals surface area contributed by atoms with Gasteiger partial charge < -0.3 is 24.3 Å². The molecule has 1 amide bonds. The van der Waals surface area contributed by atoms with Gasteiger partial charge in [0, 0.05) is 19.4 Å². The van der Waals surface area contributed by atoms with Crippen molar-refractivity contribution in [3.8, 4) is 0 Å². The van der Waals surface area contributed by atoms with E-state index >= 15 is 0 Å². The lowest BCUT2D eigenvalue weighted by atomic mass is 9.78. The molecule has 4 atom stereocenters. The average Bonchev–Trinajstić information content (AvgIpc) is 3.02. The van der Waals surface area contributed by atoms with Gasteiger partial charge in [-0.15, -0.1) is 6.58 Å². The normalized spacial score (nSPS) is 29.5. The summed E-state index contributed by atoms with van der Waals surface area (Å²) in [5.74, 6) is -1.04. The van der Waals surface area contributed by atoms with Crippen LogP contribution in [-0.2, 0) is 30.3 Å². The molecule has 3 rings (SSSR count). The molecule has 172 valence electrons. The van der Waals surface area contributed by atoms with Gasteiger partial charge in [-0.2, -0.15) is 0 Å². The Morgan fingerprint density at radius 1 is 1.35 bits per heavy atom. The highest BCUT2D eigenvalue weighted by Gasteiger charge is 2.57. The fourth-order valence-electron chi connectivity index (χ4n) is 4.21. The van der Waals surface area contributed by atoms with Crippen molar-refractivity contribution in [3.05, 3.63) is 48.3 Å². The predicted molar refractivity (Wildman–Crippen MR) is 115 cm³/mol. The molecule has 1 heterocycles. The molecule has 7 heteroatoms. The summed E-state index contributed by atoms with van der Waals surface area (Å²) >= 11 is 0. The number of carbonyl (C=O) groups is 1. The van der Waals surface area contributed by atoms with Gasteiger partial charge in [0.05, 0.1) is 25.4 Å². The maximum Gasteiger partial charge on any atom is 0.252 e. The molecule has 2 aliphatic rings. The third-order valence-electron chi connectivity index (χ3n) is 5.57. The van der Waals surface area contributed by atoms with Crippen molar-refractivity contribution in [1.29, 1.82) is 0 Å². The van der Waals surface area contributed by atoms with Crippen LogP contribution in [0, 0.1) is 11.7 Å². The fourth-order valence-corrected chi connectivity index (χ4v) is 4.21. The molecular formula is C24H34FNO5. The maximum absolute atomic E-state index is 13.7. The third kappa shape index (κ3) is 5.92. The monoisotopic (exact) mass is 435 g/mol. The highest BCUT2D eigenvalue weighted by atomic mass is 19.1. The summed E-state index contributed by atoms with van der Waals surface area (Å²) in [5.41, 5.74) is -0.525. The molecule has 2 fully saturated rings. The first kappa shape index (κ1) is 23.9. The van der Waals surface area contributed by atoms with Crippen LogP contribution in [0.25, 0.3) is 0 Å². The highest BCUT2D eigenvalue weighted by molar-refractivity contribution is 5.85. The zero-order valence-electron chi connectivity index (χ0n) is 18.9. The van der Waals surface area contributed by atoms with E-state index in [0.717, 1.165) is 0 Å². The largest absolute Gasteiger partial charge is 0.371 e. The Bertz CT molecular complexity index is 783. The number of rotatable bonds is 9. The minimum Gasteiger partial charge on any atom is -0.371 e. The van der Waals surface area contributed by atoms with E-state index in [-0.39, 0.29) is 30.5 Å². The molecule has 1 saturated heterocycles. The summed E-state index contributed by atoms with van der Waals surface area (Å²) in [6, 6.07) is 6.20. The van der Waals surface area contributed by atoms with E-state index in [9.17, 15) is 9.18 Å². The number of halogens is 1. The second-order valence-electron chi connectivity index (χ2n) is 9.22. The van der Waals surface area contributed by atoms with Gasteiger partial charge in [-0.3, -0.25) is 4.79 Å². The summed E-state index contributed by atoms with van der Waals surface area (Å²) in [5, 5.41) is 3.01. The van der Waals surface area contributed by atoms with E-state index in [0.29, 0.717) is 37.5 Å². The first-order valence-electron chi connectivity index (χ1n) is 10.9. The van der Waals surface area contributed by atoms with Gasteiger partial charge >= 0.3 is 0 Å². The molecule has 0 radical (unpaired) electrons. The van der Waals surface area contributed by atoms with Crippen LogP contribution in [-0.4, -0.2) is 48.8 Å². The van der Waals surface area contributed by atoms with Crippen molar-refractivity contribution in [3.63, 3.8) is 0 Å².